The van der Waals surface area contributed by atoms with Crippen LogP contribution in [0.2, 0.25) is 0 Å². The van der Waals surface area contributed by atoms with Gasteiger partial charge in [0.2, 0.25) is 0 Å². The van der Waals surface area contributed by atoms with Crippen LogP contribution in [-0.4, -0.2) is 27.7 Å². The van der Waals surface area contributed by atoms with E-state index < -0.39 is 16.8 Å². The molecule has 33 heavy (non-hydrogen) atoms. The molecule has 2 aromatic rings. The van der Waals surface area contributed by atoms with E-state index in [1.54, 1.807) is 6.07 Å². The van der Waals surface area contributed by atoms with E-state index in [4.69, 9.17) is 14.9 Å². The minimum atomic E-state index is -0.905. The molecule has 1 fully saturated rings. The standard InChI is InChI=1S/C26H35NO5S/c1-15(2)26(9-7-21-17(14-28)8-10-31-21)13-20(29)23(24(30)32-26)33-22-11-16(3)19(27)12-18(22)25(4,5)6/h8,10-12,15,23,28H,7,9,13-14,27H2,1-6H3. The number of benzene rings is 1. The van der Waals surface area contributed by atoms with Crippen LogP contribution in [0.1, 0.15) is 69.9 Å². The Morgan fingerprint density at radius 3 is 2.55 bits per heavy atom. The third-order valence-corrected chi connectivity index (χ3v) is 7.82. The number of rotatable bonds is 7. The summed E-state index contributed by atoms with van der Waals surface area (Å²) in [6.45, 7) is 12.0. The number of anilines is 1. The highest BCUT2D eigenvalue weighted by atomic mass is 32.2. The Hall–Kier alpha value is -2.25. The van der Waals surface area contributed by atoms with Crippen LogP contribution in [0.5, 0.6) is 0 Å². The summed E-state index contributed by atoms with van der Waals surface area (Å²) in [7, 11) is 0. The number of aliphatic hydroxyl groups is 1. The van der Waals surface area contributed by atoms with Crippen molar-refractivity contribution in [2.24, 2.45) is 5.92 Å². The first-order chi connectivity index (χ1) is 15.4. The van der Waals surface area contributed by atoms with Crippen LogP contribution in [0.4, 0.5) is 5.69 Å². The zero-order valence-electron chi connectivity index (χ0n) is 20.4. The molecule has 0 bridgehead atoms. The third kappa shape index (κ3) is 5.30. The lowest BCUT2D eigenvalue weighted by molar-refractivity contribution is -0.176. The first kappa shape index (κ1) is 25.4. The van der Waals surface area contributed by atoms with Crippen molar-refractivity contribution < 1.29 is 23.8 Å². The first-order valence-electron chi connectivity index (χ1n) is 11.4. The van der Waals surface area contributed by atoms with Gasteiger partial charge in [0.05, 0.1) is 12.9 Å². The molecule has 0 amide bonds. The summed E-state index contributed by atoms with van der Waals surface area (Å²) >= 11 is 1.26. The van der Waals surface area contributed by atoms with Crippen molar-refractivity contribution in [2.75, 3.05) is 5.73 Å². The second kappa shape index (κ2) is 9.55. The van der Waals surface area contributed by atoms with Gasteiger partial charge in [0, 0.05) is 29.0 Å². The van der Waals surface area contributed by atoms with E-state index in [2.05, 4.69) is 20.8 Å². The van der Waals surface area contributed by atoms with Crippen molar-refractivity contribution in [1.29, 1.82) is 0 Å². The van der Waals surface area contributed by atoms with Crippen LogP contribution in [0.15, 0.2) is 33.8 Å². The van der Waals surface area contributed by atoms with Gasteiger partial charge in [-0.1, -0.05) is 34.6 Å². The van der Waals surface area contributed by atoms with Gasteiger partial charge in [0.25, 0.3) is 0 Å². The Morgan fingerprint density at radius 2 is 1.97 bits per heavy atom. The van der Waals surface area contributed by atoms with Crippen molar-refractivity contribution >= 4 is 29.2 Å². The maximum Gasteiger partial charge on any atom is 0.327 e. The molecule has 0 saturated carbocycles. The number of ketones is 1. The topological polar surface area (TPSA) is 103 Å². The molecule has 6 nitrogen and oxygen atoms in total. The van der Waals surface area contributed by atoms with Crippen molar-refractivity contribution in [3.63, 3.8) is 0 Å². The largest absolute Gasteiger partial charge is 0.469 e. The van der Waals surface area contributed by atoms with Crippen molar-refractivity contribution in [3.8, 4) is 0 Å². The summed E-state index contributed by atoms with van der Waals surface area (Å²) in [5, 5.41) is 8.58. The molecule has 3 rings (SSSR count). The van der Waals surface area contributed by atoms with Gasteiger partial charge in [-0.05, 0) is 54.0 Å². The van der Waals surface area contributed by atoms with Gasteiger partial charge in [-0.15, -0.1) is 11.8 Å². The van der Waals surface area contributed by atoms with Gasteiger partial charge in [-0.25, -0.2) is 0 Å². The molecule has 1 aliphatic heterocycles. The van der Waals surface area contributed by atoms with E-state index in [0.29, 0.717) is 29.9 Å². The lowest BCUT2D eigenvalue weighted by Gasteiger charge is -2.41. The second-order valence-corrected chi connectivity index (χ2v) is 11.4. The van der Waals surface area contributed by atoms with Crippen LogP contribution >= 0.6 is 11.8 Å². The van der Waals surface area contributed by atoms with E-state index in [1.807, 2.05) is 32.9 Å². The van der Waals surface area contributed by atoms with Crippen LogP contribution in [0.3, 0.4) is 0 Å². The zero-order chi connectivity index (χ0) is 24.6. The number of aryl methyl sites for hydroxylation is 2. The number of nitrogen functional groups attached to an aromatic ring is 1. The smallest absolute Gasteiger partial charge is 0.327 e. The number of hydrogen-bond acceptors (Lipinski definition) is 7. The molecular weight excluding hydrogens is 438 g/mol. The van der Waals surface area contributed by atoms with Gasteiger partial charge in [0.1, 0.15) is 11.4 Å². The molecule has 1 aliphatic rings. The van der Waals surface area contributed by atoms with Gasteiger partial charge in [0.15, 0.2) is 11.0 Å². The minimum absolute atomic E-state index is 0.0483. The van der Waals surface area contributed by atoms with Crippen molar-refractivity contribution in [2.45, 2.75) is 88.6 Å². The highest BCUT2D eigenvalue weighted by Gasteiger charge is 2.49. The van der Waals surface area contributed by atoms with Crippen LogP contribution in [0, 0.1) is 12.8 Å². The summed E-state index contributed by atoms with van der Waals surface area (Å²) in [6.07, 6.45) is 2.62. The van der Waals surface area contributed by atoms with Crippen molar-refractivity contribution in [3.05, 3.63) is 46.9 Å². The number of cyclic esters (lactones) is 1. The minimum Gasteiger partial charge on any atom is -0.469 e. The summed E-state index contributed by atoms with van der Waals surface area (Å²) in [4.78, 5) is 27.4. The molecular formula is C26H35NO5S. The number of furan rings is 1. The average Bonchev–Trinajstić information content (AvgIpc) is 3.18. The molecule has 0 aliphatic carbocycles. The molecule has 2 heterocycles. The van der Waals surface area contributed by atoms with Crippen LogP contribution in [-0.2, 0) is 32.8 Å². The fourth-order valence-electron chi connectivity index (χ4n) is 4.23. The summed E-state index contributed by atoms with van der Waals surface area (Å²) in [6, 6.07) is 5.62. The predicted molar refractivity (Wildman–Crippen MR) is 130 cm³/mol. The molecule has 7 heteroatoms. The highest BCUT2D eigenvalue weighted by Crippen LogP contribution is 2.43. The molecule has 0 spiro atoms. The lowest BCUT2D eigenvalue weighted by atomic mass is 9.79. The Balaban J connectivity index is 1.84. The fraction of sp³-hybridized carbons (Fsp3) is 0.538. The predicted octanol–water partition coefficient (Wildman–Crippen LogP) is 4.96. The maximum atomic E-state index is 13.3. The number of thioether (sulfide) groups is 1. The zero-order valence-corrected chi connectivity index (χ0v) is 21.2. The number of carbonyl (C=O) groups is 2. The van der Waals surface area contributed by atoms with Crippen molar-refractivity contribution in [1.82, 2.24) is 0 Å². The molecule has 1 aromatic carbocycles. The van der Waals surface area contributed by atoms with Gasteiger partial charge < -0.3 is 20.0 Å². The third-order valence-electron chi connectivity index (χ3n) is 6.54. The average molecular weight is 474 g/mol. The molecule has 2 unspecified atom stereocenters. The number of esters is 1. The SMILES string of the molecule is Cc1cc(SC2C(=O)CC(CCc3occc3CO)(C(C)C)OC2=O)c(C(C)(C)C)cc1N. The van der Waals surface area contributed by atoms with E-state index in [9.17, 15) is 14.7 Å². The molecule has 180 valence electrons. The summed E-state index contributed by atoms with van der Waals surface area (Å²) in [5.41, 5.74) is 8.38. The second-order valence-electron chi connectivity index (χ2n) is 10.3. The number of aliphatic hydroxyl groups excluding tert-OH is 1. The van der Waals surface area contributed by atoms with Gasteiger partial charge in [-0.2, -0.15) is 0 Å². The molecule has 3 N–H and O–H groups in total. The first-order valence-corrected chi connectivity index (χ1v) is 12.2. The molecule has 1 aromatic heterocycles. The maximum absolute atomic E-state index is 13.3. The Morgan fingerprint density at radius 1 is 1.27 bits per heavy atom. The van der Waals surface area contributed by atoms with E-state index >= 15 is 0 Å². The normalized spacial score (nSPS) is 21.5. The van der Waals surface area contributed by atoms with Crippen LogP contribution in [0.25, 0.3) is 0 Å². The Bertz CT molecular complexity index is 1020. The van der Waals surface area contributed by atoms with Gasteiger partial charge in [-0.3, -0.25) is 9.59 Å². The Kier molecular flexibility index (Phi) is 7.34. The number of nitrogens with two attached hydrogens (primary N) is 1. The van der Waals surface area contributed by atoms with E-state index in [-0.39, 0.29) is 30.1 Å². The van der Waals surface area contributed by atoms with E-state index in [1.165, 1.54) is 18.0 Å². The number of hydrogen-bond donors (Lipinski definition) is 2. The quantitative estimate of drug-likeness (QED) is 0.333. The summed E-state index contributed by atoms with van der Waals surface area (Å²) in [5.74, 6) is -0.0142. The van der Waals surface area contributed by atoms with E-state index in [0.717, 1.165) is 16.0 Å². The van der Waals surface area contributed by atoms with Crippen LogP contribution < -0.4 is 5.73 Å². The number of ether oxygens (including phenoxy) is 1. The number of Topliss-reactive ketones (excluding diaryl/α,β-unsaturated/α-hetero) is 1. The molecule has 0 radical (unpaired) electrons. The van der Waals surface area contributed by atoms with Gasteiger partial charge >= 0.3 is 5.97 Å². The molecule has 2 atom stereocenters. The monoisotopic (exact) mass is 473 g/mol. The summed E-state index contributed by atoms with van der Waals surface area (Å²) < 4.78 is 11.5. The fourth-order valence-corrected chi connectivity index (χ4v) is 5.58. The lowest BCUT2D eigenvalue weighted by Crippen LogP contribution is -2.52. The highest BCUT2D eigenvalue weighted by molar-refractivity contribution is 8.01. The Labute approximate surface area is 200 Å². The number of carbonyl (C=O) groups excluding carboxylic acids is 2. The molecule has 1 saturated heterocycles.